The fourth-order valence-electron chi connectivity index (χ4n) is 2.10. The first-order valence-electron chi connectivity index (χ1n) is 6.93. The zero-order chi connectivity index (χ0) is 15.7. The number of amides is 1. The Morgan fingerprint density at radius 1 is 1.23 bits per heavy atom. The van der Waals surface area contributed by atoms with Gasteiger partial charge in [0.2, 0.25) is 5.91 Å². The fraction of sp³-hybridized carbons (Fsp3) is 0.250. The lowest BCUT2D eigenvalue weighted by atomic mass is 10.3. The average Bonchev–Trinajstić information content (AvgIpc) is 3.22. The van der Waals surface area contributed by atoms with Crippen LogP contribution in [0.2, 0.25) is 0 Å². The molecular weight excluding hydrogens is 290 g/mol. The van der Waals surface area contributed by atoms with Gasteiger partial charge in [0.1, 0.15) is 17.3 Å². The van der Waals surface area contributed by atoms with E-state index in [-0.39, 0.29) is 17.6 Å². The quantitative estimate of drug-likeness (QED) is 0.936. The zero-order valence-electron chi connectivity index (χ0n) is 11.8. The van der Waals surface area contributed by atoms with Crippen molar-refractivity contribution in [3.8, 4) is 11.5 Å². The maximum Gasteiger partial charge on any atom is 0.228 e. The summed E-state index contributed by atoms with van der Waals surface area (Å²) in [5, 5.41) is 2.73. The minimum Gasteiger partial charge on any atom is -0.456 e. The van der Waals surface area contributed by atoms with Crippen LogP contribution in [0.15, 0.2) is 36.5 Å². The van der Waals surface area contributed by atoms with Crippen LogP contribution >= 0.6 is 0 Å². The van der Waals surface area contributed by atoms with Gasteiger partial charge in [0.05, 0.1) is 6.20 Å². The molecule has 6 heteroatoms. The number of hydrogen-bond donors (Lipinski definition) is 1. The van der Waals surface area contributed by atoms with Crippen molar-refractivity contribution in [1.82, 2.24) is 4.98 Å². The van der Waals surface area contributed by atoms with Gasteiger partial charge in [-0.2, -0.15) is 0 Å². The van der Waals surface area contributed by atoms with Gasteiger partial charge in [0.25, 0.3) is 0 Å². The van der Waals surface area contributed by atoms with Gasteiger partial charge in [0.15, 0.2) is 11.6 Å². The number of anilines is 1. The summed E-state index contributed by atoms with van der Waals surface area (Å²) in [7, 11) is 0. The van der Waals surface area contributed by atoms with Crippen LogP contribution in [0.1, 0.15) is 13.3 Å². The lowest BCUT2D eigenvalue weighted by molar-refractivity contribution is -0.117. The number of ether oxygens (including phenoxy) is 1. The molecule has 1 fully saturated rings. The molecule has 1 aliphatic rings. The smallest absolute Gasteiger partial charge is 0.228 e. The van der Waals surface area contributed by atoms with E-state index in [1.54, 1.807) is 12.1 Å². The molecule has 1 aliphatic carbocycles. The van der Waals surface area contributed by atoms with Crippen LogP contribution in [-0.2, 0) is 4.79 Å². The Bertz CT molecular complexity index is 704. The summed E-state index contributed by atoms with van der Waals surface area (Å²) in [5.74, 6) is -0.481. The van der Waals surface area contributed by atoms with Crippen molar-refractivity contribution in [2.75, 3.05) is 5.32 Å². The lowest BCUT2D eigenvalue weighted by Crippen LogP contribution is -2.15. The van der Waals surface area contributed by atoms with Crippen molar-refractivity contribution in [3.63, 3.8) is 0 Å². The van der Waals surface area contributed by atoms with Crippen LogP contribution in [0, 0.1) is 23.5 Å². The number of carbonyl (C=O) groups excluding carboxylic acids is 1. The first-order chi connectivity index (χ1) is 10.5. The van der Waals surface area contributed by atoms with Gasteiger partial charge in [-0.25, -0.2) is 13.8 Å². The predicted octanol–water partition coefficient (Wildman–Crippen LogP) is 3.75. The molecule has 4 nitrogen and oxygen atoms in total. The molecular formula is C16H14F2N2O2. The summed E-state index contributed by atoms with van der Waals surface area (Å²) < 4.78 is 31.3. The Morgan fingerprint density at radius 3 is 2.55 bits per heavy atom. The largest absolute Gasteiger partial charge is 0.456 e. The van der Waals surface area contributed by atoms with Gasteiger partial charge in [-0.05, 0) is 36.6 Å². The van der Waals surface area contributed by atoms with Crippen LogP contribution in [0.5, 0.6) is 11.5 Å². The van der Waals surface area contributed by atoms with Crippen LogP contribution in [-0.4, -0.2) is 10.9 Å². The van der Waals surface area contributed by atoms with E-state index in [1.165, 1.54) is 12.3 Å². The molecule has 2 aromatic rings. The van der Waals surface area contributed by atoms with Gasteiger partial charge in [-0.1, -0.05) is 6.92 Å². The molecule has 1 saturated carbocycles. The SMILES string of the molecule is C[C@H]1C[C@H]1C(=O)Nc1ccc(Oc2ccc(F)c(F)c2)cn1. The standard InChI is InChI=1S/C16H14F2N2O2/c1-9-6-12(9)16(21)20-15-5-3-11(8-19-15)22-10-2-4-13(17)14(18)7-10/h2-5,7-9,12H,6H2,1H3,(H,19,20,21)/t9-,12+/m0/s1. The van der Waals surface area contributed by atoms with Gasteiger partial charge < -0.3 is 10.1 Å². The molecule has 1 amide bonds. The summed E-state index contributed by atoms with van der Waals surface area (Å²) in [5.41, 5.74) is 0. The zero-order valence-corrected chi connectivity index (χ0v) is 11.8. The van der Waals surface area contributed by atoms with Crippen LogP contribution in [0.3, 0.4) is 0 Å². The normalized spacial score (nSPS) is 19.6. The Kier molecular flexibility index (Phi) is 3.75. The van der Waals surface area contributed by atoms with E-state index in [0.29, 0.717) is 17.5 Å². The van der Waals surface area contributed by atoms with Crippen LogP contribution in [0.25, 0.3) is 0 Å². The van der Waals surface area contributed by atoms with E-state index >= 15 is 0 Å². The Morgan fingerprint density at radius 2 is 1.95 bits per heavy atom. The summed E-state index contributed by atoms with van der Waals surface area (Å²) in [6, 6.07) is 6.46. The lowest BCUT2D eigenvalue weighted by Gasteiger charge is -2.07. The minimum atomic E-state index is -0.979. The highest BCUT2D eigenvalue weighted by molar-refractivity contribution is 5.93. The van der Waals surface area contributed by atoms with Gasteiger partial charge >= 0.3 is 0 Å². The third-order valence-corrected chi connectivity index (χ3v) is 3.56. The van der Waals surface area contributed by atoms with Crippen molar-refractivity contribution in [2.24, 2.45) is 11.8 Å². The van der Waals surface area contributed by atoms with Crippen molar-refractivity contribution in [3.05, 3.63) is 48.2 Å². The molecule has 0 spiro atoms. The second kappa shape index (κ2) is 5.71. The number of rotatable bonds is 4. The summed E-state index contributed by atoms with van der Waals surface area (Å²) in [6.07, 6.45) is 2.32. The van der Waals surface area contributed by atoms with Crippen molar-refractivity contribution in [1.29, 1.82) is 0 Å². The summed E-state index contributed by atoms with van der Waals surface area (Å²) in [4.78, 5) is 15.8. The van der Waals surface area contributed by atoms with Gasteiger partial charge in [-0.15, -0.1) is 0 Å². The maximum atomic E-state index is 13.1. The predicted molar refractivity (Wildman–Crippen MR) is 76.6 cm³/mol. The number of benzene rings is 1. The molecule has 3 rings (SSSR count). The molecule has 1 aromatic heterocycles. The van der Waals surface area contributed by atoms with Crippen molar-refractivity contribution >= 4 is 11.7 Å². The molecule has 0 radical (unpaired) electrons. The molecule has 0 bridgehead atoms. The first-order valence-corrected chi connectivity index (χ1v) is 6.93. The molecule has 22 heavy (non-hydrogen) atoms. The number of aromatic nitrogens is 1. The highest BCUT2D eigenvalue weighted by atomic mass is 19.2. The number of halogens is 2. The summed E-state index contributed by atoms with van der Waals surface area (Å²) in [6.45, 7) is 2.02. The molecule has 0 saturated heterocycles. The second-order valence-electron chi connectivity index (χ2n) is 5.37. The molecule has 0 unspecified atom stereocenters. The average molecular weight is 304 g/mol. The third-order valence-electron chi connectivity index (χ3n) is 3.56. The number of hydrogen-bond acceptors (Lipinski definition) is 3. The van der Waals surface area contributed by atoms with Crippen molar-refractivity contribution < 1.29 is 18.3 Å². The molecule has 114 valence electrons. The monoisotopic (exact) mass is 304 g/mol. The van der Waals surface area contributed by atoms with E-state index in [4.69, 9.17) is 4.74 Å². The molecule has 0 aliphatic heterocycles. The van der Waals surface area contributed by atoms with E-state index in [2.05, 4.69) is 10.3 Å². The van der Waals surface area contributed by atoms with Gasteiger partial charge in [-0.3, -0.25) is 4.79 Å². The number of carbonyl (C=O) groups is 1. The number of nitrogens with one attached hydrogen (secondary N) is 1. The Hall–Kier alpha value is -2.50. The Labute approximate surface area is 126 Å². The maximum absolute atomic E-state index is 13.1. The third kappa shape index (κ3) is 3.21. The molecule has 1 N–H and O–H groups in total. The Balaban J connectivity index is 1.63. The topological polar surface area (TPSA) is 51.2 Å². The minimum absolute atomic E-state index is 0.0331. The number of nitrogens with zero attached hydrogens (tertiary/aromatic N) is 1. The van der Waals surface area contributed by atoms with Crippen LogP contribution < -0.4 is 10.1 Å². The highest BCUT2D eigenvalue weighted by Crippen LogP contribution is 2.38. The van der Waals surface area contributed by atoms with E-state index in [0.717, 1.165) is 18.6 Å². The summed E-state index contributed by atoms with van der Waals surface area (Å²) >= 11 is 0. The molecule has 1 heterocycles. The van der Waals surface area contributed by atoms with Crippen LogP contribution in [0.4, 0.5) is 14.6 Å². The fourth-order valence-corrected chi connectivity index (χ4v) is 2.10. The van der Waals surface area contributed by atoms with Crippen molar-refractivity contribution in [2.45, 2.75) is 13.3 Å². The molecule has 1 aromatic carbocycles. The van der Waals surface area contributed by atoms with E-state index in [9.17, 15) is 13.6 Å². The number of pyridine rings is 1. The second-order valence-corrected chi connectivity index (χ2v) is 5.37. The van der Waals surface area contributed by atoms with E-state index in [1.807, 2.05) is 6.92 Å². The first kappa shape index (κ1) is 14.4. The molecule has 2 atom stereocenters. The van der Waals surface area contributed by atoms with Gasteiger partial charge in [0, 0.05) is 12.0 Å². The highest BCUT2D eigenvalue weighted by Gasteiger charge is 2.39. The van der Waals surface area contributed by atoms with E-state index < -0.39 is 11.6 Å².